The Kier molecular flexibility index (Phi) is 4.53. The minimum absolute atomic E-state index is 0.0306. The maximum Gasteiger partial charge on any atom is 0.248 e. The van der Waals surface area contributed by atoms with Crippen molar-refractivity contribution in [1.82, 2.24) is 19.6 Å². The molecule has 3 heterocycles. The number of rotatable bonds is 4. The molecule has 3 aromatic rings. The van der Waals surface area contributed by atoms with Crippen molar-refractivity contribution >= 4 is 21.6 Å². The highest BCUT2D eigenvalue weighted by molar-refractivity contribution is 7.89. The molecule has 1 aliphatic carbocycles. The third-order valence-electron chi connectivity index (χ3n) is 6.30. The van der Waals surface area contributed by atoms with Gasteiger partial charge in [-0.15, -0.1) is 0 Å². The van der Waals surface area contributed by atoms with Crippen LogP contribution in [0.1, 0.15) is 42.5 Å². The van der Waals surface area contributed by atoms with Crippen LogP contribution in [0.15, 0.2) is 38.2 Å². The number of halogens is 1. The molecule has 0 unspecified atom stereocenters. The van der Waals surface area contributed by atoms with E-state index < -0.39 is 10.0 Å². The summed E-state index contributed by atoms with van der Waals surface area (Å²) < 4.78 is 38.2. The molecule has 8 nitrogen and oxygen atoms in total. The summed E-state index contributed by atoms with van der Waals surface area (Å²) in [6.45, 7) is 4.19. The van der Waals surface area contributed by atoms with Crippen LogP contribution in [-0.2, 0) is 10.0 Å². The number of hydrogen-bond acceptors (Lipinski definition) is 7. The van der Waals surface area contributed by atoms with Gasteiger partial charge >= 0.3 is 0 Å². The fourth-order valence-electron chi connectivity index (χ4n) is 4.51. The molecule has 0 amide bonds. The molecule has 158 valence electrons. The Labute approximate surface area is 179 Å². The van der Waals surface area contributed by atoms with E-state index in [-0.39, 0.29) is 16.2 Å². The van der Waals surface area contributed by atoms with E-state index in [9.17, 15) is 8.42 Å². The van der Waals surface area contributed by atoms with E-state index in [1.807, 2.05) is 12.1 Å². The van der Waals surface area contributed by atoms with Gasteiger partial charge in [0.15, 0.2) is 5.76 Å². The summed E-state index contributed by atoms with van der Waals surface area (Å²) in [5.74, 6) is 1.64. The van der Waals surface area contributed by atoms with Crippen molar-refractivity contribution in [3.8, 4) is 11.4 Å². The van der Waals surface area contributed by atoms with E-state index in [4.69, 9.17) is 20.6 Å². The van der Waals surface area contributed by atoms with E-state index in [0.29, 0.717) is 41.3 Å². The van der Waals surface area contributed by atoms with Gasteiger partial charge in [-0.3, -0.25) is 0 Å². The number of hydrogen-bond donors (Lipinski definition) is 0. The zero-order chi connectivity index (χ0) is 21.1. The molecule has 2 aliphatic rings. The van der Waals surface area contributed by atoms with Crippen molar-refractivity contribution in [3.05, 3.63) is 46.6 Å². The van der Waals surface area contributed by atoms with Crippen molar-refractivity contribution in [2.24, 2.45) is 5.41 Å². The average Bonchev–Trinajstić information content (AvgIpc) is 3.04. The molecule has 1 aromatic carbocycles. The number of piperidine rings is 1. The summed E-state index contributed by atoms with van der Waals surface area (Å²) in [5, 5.41) is 8.51. The number of aromatic nitrogens is 3. The lowest BCUT2D eigenvalue weighted by molar-refractivity contribution is 0.242. The second-order valence-electron chi connectivity index (χ2n) is 8.14. The quantitative estimate of drug-likeness (QED) is 0.595. The summed E-state index contributed by atoms with van der Waals surface area (Å²) >= 11 is 6.05. The Balaban J connectivity index is 1.29. The number of sulfonamides is 1. The van der Waals surface area contributed by atoms with Gasteiger partial charge in [0.05, 0.1) is 0 Å². The molecule has 10 heteroatoms. The first-order valence-corrected chi connectivity index (χ1v) is 11.6. The molecular weight excluding hydrogens is 428 g/mol. The Morgan fingerprint density at radius 3 is 2.60 bits per heavy atom. The van der Waals surface area contributed by atoms with E-state index in [1.54, 1.807) is 26.0 Å². The maximum atomic E-state index is 13.0. The zero-order valence-corrected chi connectivity index (χ0v) is 18.2. The third kappa shape index (κ3) is 3.16. The second-order valence-corrected chi connectivity index (χ2v) is 10.5. The first-order chi connectivity index (χ1) is 14.3. The van der Waals surface area contributed by atoms with E-state index in [1.165, 1.54) is 4.31 Å². The van der Waals surface area contributed by atoms with Crippen LogP contribution in [0.25, 0.3) is 11.4 Å². The topological polar surface area (TPSA) is 102 Å². The van der Waals surface area contributed by atoms with Crippen LogP contribution in [0, 0.1) is 19.3 Å². The van der Waals surface area contributed by atoms with Gasteiger partial charge in [0.1, 0.15) is 10.6 Å². The zero-order valence-electron chi connectivity index (χ0n) is 16.6. The molecule has 0 radical (unpaired) electrons. The predicted octanol–water partition coefficient (Wildman–Crippen LogP) is 3.95. The van der Waals surface area contributed by atoms with Crippen molar-refractivity contribution in [1.29, 1.82) is 0 Å². The number of benzene rings is 1. The maximum absolute atomic E-state index is 13.0. The van der Waals surface area contributed by atoms with Gasteiger partial charge in [-0.1, -0.05) is 34.0 Å². The number of nitrogens with zero attached hydrogens (tertiary/aromatic N) is 4. The molecule has 1 spiro atoms. The lowest BCUT2D eigenvalue weighted by atomic mass is 9.92. The summed E-state index contributed by atoms with van der Waals surface area (Å²) in [4.78, 5) is 4.76. The van der Waals surface area contributed by atoms with Crippen molar-refractivity contribution < 1.29 is 17.5 Å². The van der Waals surface area contributed by atoms with Gasteiger partial charge in [0, 0.05) is 29.6 Å². The minimum Gasteiger partial charge on any atom is -0.360 e. The van der Waals surface area contributed by atoms with E-state index in [2.05, 4.69) is 15.3 Å². The lowest BCUT2D eigenvalue weighted by Crippen LogP contribution is -2.39. The average molecular weight is 449 g/mol. The molecule has 1 saturated heterocycles. The molecule has 5 rings (SSSR count). The molecule has 1 saturated carbocycles. The van der Waals surface area contributed by atoms with Crippen LogP contribution < -0.4 is 0 Å². The van der Waals surface area contributed by atoms with Gasteiger partial charge in [-0.25, -0.2) is 8.42 Å². The van der Waals surface area contributed by atoms with Crippen molar-refractivity contribution in [3.63, 3.8) is 0 Å². The first kappa shape index (κ1) is 19.7. The fourth-order valence-corrected chi connectivity index (χ4v) is 6.44. The SMILES string of the molecule is Cc1noc(C)c1S(=O)(=O)N1CCC2(CC1)C[C@@H]2c1nc(-c2cccc(Cl)c2)no1. The van der Waals surface area contributed by atoms with Crippen LogP contribution in [0.3, 0.4) is 0 Å². The first-order valence-electron chi connectivity index (χ1n) is 9.83. The van der Waals surface area contributed by atoms with Crippen molar-refractivity contribution in [2.75, 3.05) is 13.1 Å². The largest absolute Gasteiger partial charge is 0.360 e. The van der Waals surface area contributed by atoms with Crippen LogP contribution in [0.4, 0.5) is 0 Å². The van der Waals surface area contributed by atoms with Gasteiger partial charge in [-0.2, -0.15) is 9.29 Å². The van der Waals surface area contributed by atoms with Crippen LogP contribution in [-0.4, -0.2) is 41.1 Å². The van der Waals surface area contributed by atoms with Crippen LogP contribution in [0.5, 0.6) is 0 Å². The summed E-state index contributed by atoms with van der Waals surface area (Å²) in [7, 11) is -3.61. The van der Waals surface area contributed by atoms with Crippen LogP contribution >= 0.6 is 11.6 Å². The Morgan fingerprint density at radius 1 is 1.17 bits per heavy atom. The monoisotopic (exact) mass is 448 g/mol. The smallest absolute Gasteiger partial charge is 0.248 e. The number of aryl methyl sites for hydroxylation is 2. The molecular formula is C20H21ClN4O4S. The van der Waals surface area contributed by atoms with Gasteiger partial charge in [-0.05, 0) is 50.7 Å². The third-order valence-corrected chi connectivity index (χ3v) is 8.68. The van der Waals surface area contributed by atoms with E-state index >= 15 is 0 Å². The van der Waals surface area contributed by atoms with Gasteiger partial charge in [0.2, 0.25) is 21.7 Å². The van der Waals surface area contributed by atoms with Crippen LogP contribution in [0.2, 0.25) is 5.02 Å². The Bertz CT molecular complexity index is 1190. The molecule has 2 fully saturated rings. The summed E-state index contributed by atoms with van der Waals surface area (Å²) in [5.41, 5.74) is 1.24. The molecule has 1 atom stereocenters. The Hall–Kier alpha value is -2.23. The highest BCUT2D eigenvalue weighted by atomic mass is 35.5. The molecule has 0 bridgehead atoms. The molecule has 0 N–H and O–H groups in total. The standard InChI is InChI=1S/C20H21ClN4O4S/c1-12-17(13(2)28-23-12)30(26,27)25-8-6-20(7-9-25)11-16(20)19-22-18(24-29-19)14-4-3-5-15(21)10-14/h3-5,10,16H,6-9,11H2,1-2H3/t16-/m1/s1. The molecule has 1 aliphatic heterocycles. The van der Waals surface area contributed by atoms with Crippen molar-refractivity contribution in [2.45, 2.75) is 43.9 Å². The molecule has 2 aromatic heterocycles. The highest BCUT2D eigenvalue weighted by Crippen LogP contribution is 2.64. The highest BCUT2D eigenvalue weighted by Gasteiger charge is 2.59. The minimum atomic E-state index is -3.61. The predicted molar refractivity (Wildman–Crippen MR) is 109 cm³/mol. The Morgan fingerprint density at radius 2 is 1.93 bits per heavy atom. The molecule has 30 heavy (non-hydrogen) atoms. The van der Waals surface area contributed by atoms with Gasteiger partial charge < -0.3 is 9.05 Å². The summed E-state index contributed by atoms with van der Waals surface area (Å²) in [6, 6.07) is 7.34. The second kappa shape index (κ2) is 6.90. The lowest BCUT2D eigenvalue weighted by Gasteiger charge is -2.31. The normalized spacial score (nSPS) is 21.2. The van der Waals surface area contributed by atoms with Gasteiger partial charge in [0.25, 0.3) is 0 Å². The summed E-state index contributed by atoms with van der Waals surface area (Å²) in [6.07, 6.45) is 2.45. The fraction of sp³-hybridized carbons (Fsp3) is 0.450. The van der Waals surface area contributed by atoms with E-state index in [0.717, 1.165) is 24.8 Å².